The Morgan fingerprint density at radius 1 is 1.38 bits per heavy atom. The Labute approximate surface area is 143 Å². The first-order chi connectivity index (χ1) is 11.6. The maximum absolute atomic E-state index is 12.6. The van der Waals surface area contributed by atoms with Gasteiger partial charge in [-0.05, 0) is 43.7 Å². The van der Waals surface area contributed by atoms with Gasteiger partial charge in [-0.15, -0.1) is 11.3 Å². The van der Waals surface area contributed by atoms with Crippen LogP contribution in [0.1, 0.15) is 32.6 Å². The second-order valence-corrected chi connectivity index (χ2v) is 7.42. The Kier molecular flexibility index (Phi) is 3.69. The van der Waals surface area contributed by atoms with Crippen LogP contribution in [0.15, 0.2) is 41.3 Å². The number of aromatic nitrogens is 2. The monoisotopic (exact) mass is 339 g/mol. The normalized spacial score (nSPS) is 17.5. The van der Waals surface area contributed by atoms with Gasteiger partial charge in [-0.25, -0.2) is 0 Å². The highest BCUT2D eigenvalue weighted by molar-refractivity contribution is 7.13. The van der Waals surface area contributed by atoms with Gasteiger partial charge in [-0.3, -0.25) is 14.6 Å². The summed E-state index contributed by atoms with van der Waals surface area (Å²) >= 11 is 1.53. The lowest BCUT2D eigenvalue weighted by atomic mass is 10.0. The summed E-state index contributed by atoms with van der Waals surface area (Å²) in [6, 6.07) is 9.32. The minimum atomic E-state index is -0.116. The number of nitrogens with zero attached hydrogens (tertiary/aromatic N) is 2. The summed E-state index contributed by atoms with van der Waals surface area (Å²) in [6.07, 6.45) is 2.54. The number of pyridine rings is 2. The van der Waals surface area contributed by atoms with E-state index in [1.807, 2.05) is 30.0 Å². The number of thiophene rings is 1. The van der Waals surface area contributed by atoms with Crippen LogP contribution in [0.4, 0.5) is 0 Å². The number of fused-ring (bicyclic) bond motifs is 1. The molecule has 4 heterocycles. The van der Waals surface area contributed by atoms with Gasteiger partial charge in [0.1, 0.15) is 0 Å². The van der Waals surface area contributed by atoms with Gasteiger partial charge in [0, 0.05) is 35.8 Å². The van der Waals surface area contributed by atoms with E-state index in [9.17, 15) is 9.59 Å². The molecule has 3 aromatic rings. The first-order valence-corrected chi connectivity index (χ1v) is 8.77. The second kappa shape index (κ2) is 5.87. The molecule has 24 heavy (non-hydrogen) atoms. The van der Waals surface area contributed by atoms with Crippen molar-refractivity contribution in [3.63, 3.8) is 0 Å². The molecule has 1 fully saturated rings. The fraction of sp³-hybridized carbons (Fsp3) is 0.278. The largest absolute Gasteiger partial charge is 0.337 e. The number of carbonyl (C=O) groups is 1. The third-order valence-corrected chi connectivity index (χ3v) is 5.49. The molecular formula is C18H17N3O2S. The molecule has 0 bridgehead atoms. The Balaban J connectivity index is 1.59. The average molecular weight is 339 g/mol. The zero-order valence-electron chi connectivity index (χ0n) is 13.3. The molecule has 122 valence electrons. The van der Waals surface area contributed by atoms with E-state index in [1.54, 1.807) is 18.3 Å². The van der Waals surface area contributed by atoms with Crippen LogP contribution >= 0.6 is 11.3 Å². The standard InChI is InChI=1S/C18H17N3O2S/c1-11-4-5-16(24-11)18(23)21-8-6-12(10-21)14-9-15-13(17(22)20-14)3-2-7-19-15/h2-5,7,9,12H,6,8,10H2,1H3,(H,20,22). The highest BCUT2D eigenvalue weighted by atomic mass is 32.1. The molecule has 1 N–H and O–H groups in total. The molecule has 6 heteroatoms. The minimum absolute atomic E-state index is 0.0804. The Bertz CT molecular complexity index is 976. The fourth-order valence-electron chi connectivity index (χ4n) is 3.23. The Hall–Kier alpha value is -2.47. The maximum atomic E-state index is 12.6. The highest BCUT2D eigenvalue weighted by Crippen LogP contribution is 2.28. The lowest BCUT2D eigenvalue weighted by Gasteiger charge is -2.15. The molecule has 1 aliphatic rings. The molecule has 3 aromatic heterocycles. The molecule has 1 saturated heterocycles. The molecule has 1 amide bonds. The molecule has 0 spiro atoms. The lowest BCUT2D eigenvalue weighted by Crippen LogP contribution is -2.28. The van der Waals surface area contributed by atoms with E-state index in [-0.39, 0.29) is 17.4 Å². The number of aromatic amines is 1. The van der Waals surface area contributed by atoms with Crippen molar-refractivity contribution in [3.05, 3.63) is 62.3 Å². The first-order valence-electron chi connectivity index (χ1n) is 7.95. The SMILES string of the molecule is Cc1ccc(C(=O)N2CCC(c3cc4ncccc4c(=O)[nH]3)C2)s1. The van der Waals surface area contributed by atoms with Crippen molar-refractivity contribution >= 4 is 28.1 Å². The van der Waals surface area contributed by atoms with Crippen molar-refractivity contribution in [2.45, 2.75) is 19.3 Å². The first kappa shape index (κ1) is 15.1. The zero-order valence-corrected chi connectivity index (χ0v) is 14.1. The van der Waals surface area contributed by atoms with E-state index in [0.29, 0.717) is 24.0 Å². The molecule has 1 aliphatic heterocycles. The number of carbonyl (C=O) groups excluding carboxylic acids is 1. The number of hydrogen-bond acceptors (Lipinski definition) is 4. The predicted octanol–water partition coefficient (Wildman–Crippen LogP) is 2.92. The topological polar surface area (TPSA) is 66.1 Å². The average Bonchev–Trinajstić information content (AvgIpc) is 3.23. The van der Waals surface area contributed by atoms with Gasteiger partial charge in [-0.1, -0.05) is 0 Å². The van der Waals surface area contributed by atoms with Crippen molar-refractivity contribution in [2.75, 3.05) is 13.1 Å². The molecule has 4 rings (SSSR count). The summed E-state index contributed by atoms with van der Waals surface area (Å²) in [7, 11) is 0. The second-order valence-electron chi connectivity index (χ2n) is 6.14. The zero-order chi connectivity index (χ0) is 16.7. The number of H-pyrrole nitrogens is 1. The van der Waals surface area contributed by atoms with Gasteiger partial charge >= 0.3 is 0 Å². The predicted molar refractivity (Wildman–Crippen MR) is 94.7 cm³/mol. The van der Waals surface area contributed by atoms with E-state index < -0.39 is 0 Å². The third-order valence-electron chi connectivity index (χ3n) is 4.50. The molecular weight excluding hydrogens is 322 g/mol. The van der Waals surface area contributed by atoms with E-state index >= 15 is 0 Å². The number of hydrogen-bond donors (Lipinski definition) is 1. The summed E-state index contributed by atoms with van der Waals surface area (Å²) in [5.41, 5.74) is 1.45. The van der Waals surface area contributed by atoms with Crippen LogP contribution in [0, 0.1) is 6.92 Å². The van der Waals surface area contributed by atoms with E-state index in [1.165, 1.54) is 11.3 Å². The molecule has 0 radical (unpaired) electrons. The number of aryl methyl sites for hydroxylation is 1. The summed E-state index contributed by atoms with van der Waals surface area (Å²) in [5, 5.41) is 0.598. The van der Waals surface area contributed by atoms with Crippen LogP contribution in [0.2, 0.25) is 0 Å². The summed E-state index contributed by atoms with van der Waals surface area (Å²) in [5.74, 6) is 0.228. The van der Waals surface area contributed by atoms with Crippen LogP contribution in [0.3, 0.4) is 0 Å². The summed E-state index contributed by atoms with van der Waals surface area (Å²) in [6.45, 7) is 3.34. The smallest absolute Gasteiger partial charge is 0.263 e. The van der Waals surface area contributed by atoms with Gasteiger partial charge in [0.2, 0.25) is 0 Å². The Morgan fingerprint density at radius 3 is 3.04 bits per heavy atom. The summed E-state index contributed by atoms with van der Waals surface area (Å²) < 4.78 is 0. The lowest BCUT2D eigenvalue weighted by molar-refractivity contribution is 0.0795. The highest BCUT2D eigenvalue weighted by Gasteiger charge is 2.29. The summed E-state index contributed by atoms with van der Waals surface area (Å²) in [4.78, 5) is 35.8. The van der Waals surface area contributed by atoms with Crippen LogP contribution in [-0.4, -0.2) is 33.9 Å². The molecule has 0 saturated carbocycles. The van der Waals surface area contributed by atoms with Gasteiger partial charge in [0.15, 0.2) is 0 Å². The molecule has 1 unspecified atom stereocenters. The van der Waals surface area contributed by atoms with Crippen LogP contribution < -0.4 is 5.56 Å². The Morgan fingerprint density at radius 2 is 2.25 bits per heavy atom. The molecule has 5 nitrogen and oxygen atoms in total. The van der Waals surface area contributed by atoms with Crippen molar-refractivity contribution in [1.82, 2.24) is 14.9 Å². The fourth-order valence-corrected chi connectivity index (χ4v) is 4.07. The molecule has 0 aromatic carbocycles. The quantitative estimate of drug-likeness (QED) is 0.781. The third kappa shape index (κ3) is 2.63. The van der Waals surface area contributed by atoms with Gasteiger partial charge in [0.25, 0.3) is 11.5 Å². The van der Waals surface area contributed by atoms with E-state index in [2.05, 4.69) is 9.97 Å². The van der Waals surface area contributed by atoms with Crippen molar-refractivity contribution in [2.24, 2.45) is 0 Å². The van der Waals surface area contributed by atoms with Crippen LogP contribution in [0.25, 0.3) is 10.9 Å². The van der Waals surface area contributed by atoms with Crippen molar-refractivity contribution in [1.29, 1.82) is 0 Å². The number of amides is 1. The van der Waals surface area contributed by atoms with Gasteiger partial charge in [-0.2, -0.15) is 0 Å². The van der Waals surface area contributed by atoms with Crippen LogP contribution in [-0.2, 0) is 0 Å². The molecule has 1 atom stereocenters. The minimum Gasteiger partial charge on any atom is -0.337 e. The van der Waals surface area contributed by atoms with Crippen molar-refractivity contribution in [3.8, 4) is 0 Å². The van der Waals surface area contributed by atoms with Crippen molar-refractivity contribution < 1.29 is 4.79 Å². The number of nitrogens with one attached hydrogen (secondary N) is 1. The van der Waals surface area contributed by atoms with E-state index in [4.69, 9.17) is 0 Å². The maximum Gasteiger partial charge on any atom is 0.263 e. The number of likely N-dealkylation sites (tertiary alicyclic amines) is 1. The van der Waals surface area contributed by atoms with Crippen LogP contribution in [0.5, 0.6) is 0 Å². The van der Waals surface area contributed by atoms with Gasteiger partial charge < -0.3 is 9.88 Å². The molecule has 0 aliphatic carbocycles. The number of rotatable bonds is 2. The van der Waals surface area contributed by atoms with Gasteiger partial charge in [0.05, 0.1) is 15.8 Å². The van der Waals surface area contributed by atoms with E-state index in [0.717, 1.165) is 21.9 Å².